The second-order valence-electron chi connectivity index (χ2n) is 7.87. The van der Waals surface area contributed by atoms with Crippen molar-refractivity contribution in [2.45, 2.75) is 51.6 Å². The number of nitrogens with zero attached hydrogens (tertiary/aromatic N) is 3. The van der Waals surface area contributed by atoms with Crippen molar-refractivity contribution in [1.29, 1.82) is 0 Å². The molecule has 1 atom stereocenters. The van der Waals surface area contributed by atoms with Gasteiger partial charge < -0.3 is 15.3 Å². The van der Waals surface area contributed by atoms with Crippen molar-refractivity contribution < 1.29 is 5.11 Å². The first-order valence-corrected chi connectivity index (χ1v) is 9.72. The molecule has 26 heavy (non-hydrogen) atoms. The number of aliphatic hydroxyl groups is 1. The number of aromatic nitrogens is 2. The van der Waals surface area contributed by atoms with Crippen molar-refractivity contribution in [3.63, 3.8) is 0 Å². The van der Waals surface area contributed by atoms with Gasteiger partial charge in [0.2, 0.25) is 5.95 Å². The first-order chi connectivity index (χ1) is 12.6. The van der Waals surface area contributed by atoms with Gasteiger partial charge in [0.1, 0.15) is 5.82 Å². The summed E-state index contributed by atoms with van der Waals surface area (Å²) >= 11 is 0. The molecule has 1 aromatic heterocycles. The molecule has 0 unspecified atom stereocenters. The molecule has 2 aliphatic rings. The van der Waals surface area contributed by atoms with E-state index in [0.717, 1.165) is 31.0 Å². The van der Waals surface area contributed by atoms with E-state index < -0.39 is 0 Å². The number of rotatable bonds is 6. The highest BCUT2D eigenvalue weighted by Crippen LogP contribution is 2.40. The maximum atomic E-state index is 9.65. The zero-order valence-electron chi connectivity index (χ0n) is 15.7. The van der Waals surface area contributed by atoms with Crippen molar-refractivity contribution in [3.05, 3.63) is 47.2 Å². The maximum absolute atomic E-state index is 9.65. The van der Waals surface area contributed by atoms with Crippen molar-refractivity contribution in [2.75, 3.05) is 23.4 Å². The van der Waals surface area contributed by atoms with Crippen molar-refractivity contribution in [1.82, 2.24) is 9.97 Å². The van der Waals surface area contributed by atoms with Crippen LogP contribution in [0.25, 0.3) is 0 Å². The third-order valence-corrected chi connectivity index (χ3v) is 5.50. The molecule has 5 heteroatoms. The van der Waals surface area contributed by atoms with Crippen LogP contribution in [0.1, 0.15) is 49.4 Å². The van der Waals surface area contributed by atoms with Gasteiger partial charge in [-0.1, -0.05) is 38.1 Å². The van der Waals surface area contributed by atoms with Gasteiger partial charge in [0.15, 0.2) is 0 Å². The van der Waals surface area contributed by atoms with Crippen molar-refractivity contribution in [2.24, 2.45) is 5.92 Å². The molecular formula is C21H28N4O. The summed E-state index contributed by atoms with van der Waals surface area (Å²) in [6.07, 6.45) is 3.48. The van der Waals surface area contributed by atoms with Gasteiger partial charge in [0, 0.05) is 25.1 Å². The van der Waals surface area contributed by atoms with E-state index in [4.69, 9.17) is 9.97 Å². The van der Waals surface area contributed by atoms with Crippen LogP contribution in [0.3, 0.4) is 0 Å². The summed E-state index contributed by atoms with van der Waals surface area (Å²) in [5.74, 6) is 2.54. The third-order valence-electron chi connectivity index (χ3n) is 5.50. The van der Waals surface area contributed by atoms with Gasteiger partial charge >= 0.3 is 0 Å². The summed E-state index contributed by atoms with van der Waals surface area (Å²) < 4.78 is 0. The van der Waals surface area contributed by atoms with Crippen LogP contribution in [-0.2, 0) is 13.0 Å². The number of hydrogen-bond acceptors (Lipinski definition) is 5. The fraction of sp³-hybridized carbons (Fsp3) is 0.524. The Morgan fingerprint density at radius 3 is 2.65 bits per heavy atom. The fourth-order valence-corrected chi connectivity index (χ4v) is 3.55. The normalized spacial score (nSPS) is 17.9. The first-order valence-electron chi connectivity index (χ1n) is 9.72. The van der Waals surface area contributed by atoms with Crippen LogP contribution in [0, 0.1) is 5.92 Å². The van der Waals surface area contributed by atoms with E-state index in [1.165, 1.54) is 24.0 Å². The quantitative estimate of drug-likeness (QED) is 0.835. The predicted molar refractivity (Wildman–Crippen MR) is 105 cm³/mol. The van der Waals surface area contributed by atoms with Gasteiger partial charge in [-0.2, -0.15) is 4.98 Å². The molecule has 1 aromatic carbocycles. The summed E-state index contributed by atoms with van der Waals surface area (Å²) in [7, 11) is 0. The minimum Gasteiger partial charge on any atom is -0.394 e. The average Bonchev–Trinajstić information content (AvgIpc) is 3.50. The van der Waals surface area contributed by atoms with Gasteiger partial charge in [-0.15, -0.1) is 0 Å². The van der Waals surface area contributed by atoms with Gasteiger partial charge in [-0.05, 0) is 36.3 Å². The molecule has 1 saturated carbocycles. The highest BCUT2D eigenvalue weighted by Gasteiger charge is 2.28. The lowest BCUT2D eigenvalue weighted by atomic mass is 10.00. The molecule has 2 aromatic rings. The molecule has 5 nitrogen and oxygen atoms in total. The lowest BCUT2D eigenvalue weighted by Gasteiger charge is -2.30. The number of hydrogen-bond donors (Lipinski definition) is 2. The second-order valence-corrected chi connectivity index (χ2v) is 7.87. The summed E-state index contributed by atoms with van der Waals surface area (Å²) in [5, 5.41) is 13.0. The molecule has 0 radical (unpaired) electrons. The van der Waals surface area contributed by atoms with E-state index in [1.807, 2.05) is 0 Å². The van der Waals surface area contributed by atoms with Crippen LogP contribution in [0.4, 0.5) is 11.8 Å². The van der Waals surface area contributed by atoms with E-state index in [0.29, 0.717) is 17.8 Å². The maximum Gasteiger partial charge on any atom is 0.225 e. The largest absolute Gasteiger partial charge is 0.394 e. The Balaban J connectivity index is 1.61. The fourth-order valence-electron chi connectivity index (χ4n) is 3.55. The SMILES string of the molecule is CC(C)[C@@H](CO)Nc1nc(C2CC2)cc(N2CCc3ccccc3C2)n1. The van der Waals surface area contributed by atoms with Gasteiger partial charge in [-0.3, -0.25) is 0 Å². The molecule has 0 saturated heterocycles. The highest BCUT2D eigenvalue weighted by atomic mass is 16.3. The zero-order valence-corrected chi connectivity index (χ0v) is 15.7. The summed E-state index contributed by atoms with van der Waals surface area (Å²) in [4.78, 5) is 11.9. The Kier molecular flexibility index (Phi) is 4.81. The van der Waals surface area contributed by atoms with Crippen LogP contribution < -0.4 is 10.2 Å². The molecule has 4 rings (SSSR count). The van der Waals surface area contributed by atoms with Crippen molar-refractivity contribution >= 4 is 11.8 Å². The smallest absolute Gasteiger partial charge is 0.225 e. The number of benzene rings is 1. The molecular weight excluding hydrogens is 324 g/mol. The Morgan fingerprint density at radius 2 is 1.96 bits per heavy atom. The third kappa shape index (κ3) is 3.68. The monoisotopic (exact) mass is 352 g/mol. The molecule has 1 fully saturated rings. The first kappa shape index (κ1) is 17.3. The van der Waals surface area contributed by atoms with Gasteiger partial charge in [0.25, 0.3) is 0 Å². The Labute approximate surface area is 155 Å². The molecule has 138 valence electrons. The number of aliphatic hydroxyl groups excluding tert-OH is 1. The topological polar surface area (TPSA) is 61.3 Å². The number of anilines is 2. The molecule has 1 aliphatic carbocycles. The van der Waals surface area contributed by atoms with Gasteiger partial charge in [-0.25, -0.2) is 4.98 Å². The molecule has 2 N–H and O–H groups in total. The molecule has 0 spiro atoms. The molecule has 2 heterocycles. The number of nitrogens with one attached hydrogen (secondary N) is 1. The zero-order chi connectivity index (χ0) is 18.1. The van der Waals surface area contributed by atoms with Crippen LogP contribution in [0.15, 0.2) is 30.3 Å². The standard InChI is InChI=1S/C21H28N4O/c1-14(2)19(13-26)23-21-22-18(16-7-8-16)11-20(24-21)25-10-9-15-5-3-4-6-17(15)12-25/h3-6,11,14,16,19,26H,7-10,12-13H2,1-2H3,(H,22,23,24)/t19-/m1/s1. The van der Waals surface area contributed by atoms with E-state index in [-0.39, 0.29) is 12.6 Å². The number of fused-ring (bicyclic) bond motifs is 1. The lowest BCUT2D eigenvalue weighted by molar-refractivity contribution is 0.248. The van der Waals surface area contributed by atoms with E-state index in [2.05, 4.69) is 54.4 Å². The minimum absolute atomic E-state index is 0.0283. The molecule has 0 bridgehead atoms. The van der Waals surface area contributed by atoms with E-state index in [1.54, 1.807) is 0 Å². The van der Waals surface area contributed by atoms with Crippen LogP contribution >= 0.6 is 0 Å². The van der Waals surface area contributed by atoms with E-state index in [9.17, 15) is 5.11 Å². The molecule has 0 amide bonds. The average molecular weight is 352 g/mol. The van der Waals surface area contributed by atoms with Gasteiger partial charge in [0.05, 0.1) is 18.3 Å². The second kappa shape index (κ2) is 7.23. The molecule has 1 aliphatic heterocycles. The van der Waals surface area contributed by atoms with Crippen LogP contribution in [0.2, 0.25) is 0 Å². The lowest BCUT2D eigenvalue weighted by Crippen LogP contribution is -2.33. The van der Waals surface area contributed by atoms with Crippen LogP contribution in [0.5, 0.6) is 0 Å². The predicted octanol–water partition coefficient (Wildman–Crippen LogP) is 3.35. The van der Waals surface area contributed by atoms with Crippen molar-refractivity contribution in [3.8, 4) is 0 Å². The summed E-state index contributed by atoms with van der Waals surface area (Å²) in [5.41, 5.74) is 3.96. The summed E-state index contributed by atoms with van der Waals surface area (Å²) in [6, 6.07) is 10.8. The Morgan fingerprint density at radius 1 is 1.19 bits per heavy atom. The Bertz CT molecular complexity index is 772. The Hall–Kier alpha value is -2.14. The van der Waals surface area contributed by atoms with E-state index >= 15 is 0 Å². The van der Waals surface area contributed by atoms with Crippen LogP contribution in [-0.4, -0.2) is 34.3 Å². The summed E-state index contributed by atoms with van der Waals surface area (Å²) in [6.45, 7) is 6.15. The minimum atomic E-state index is -0.0283. The highest BCUT2D eigenvalue weighted by molar-refractivity contribution is 5.49.